The van der Waals surface area contributed by atoms with E-state index in [0.717, 1.165) is 22.2 Å². The van der Waals surface area contributed by atoms with Crippen LogP contribution in [0, 0.1) is 6.92 Å². The molecular formula is C16H17N3O3S. The van der Waals surface area contributed by atoms with E-state index >= 15 is 0 Å². The summed E-state index contributed by atoms with van der Waals surface area (Å²) in [6.07, 6.45) is 1.61. The SMILES string of the molecule is COc1ccc(S(=O)(=O)NCc2ccc3nc[nH]c3c2)cc1C. The molecule has 6 nitrogen and oxygen atoms in total. The number of aromatic amines is 1. The van der Waals surface area contributed by atoms with E-state index in [1.807, 2.05) is 25.1 Å². The Morgan fingerprint density at radius 1 is 1.22 bits per heavy atom. The maximum absolute atomic E-state index is 12.4. The van der Waals surface area contributed by atoms with Crippen molar-refractivity contribution in [1.29, 1.82) is 0 Å². The number of aromatic nitrogens is 2. The second-order valence-corrected chi connectivity index (χ2v) is 6.98. The summed E-state index contributed by atoms with van der Waals surface area (Å²) in [6, 6.07) is 10.4. The van der Waals surface area contributed by atoms with Crippen LogP contribution in [0.5, 0.6) is 5.75 Å². The second-order valence-electron chi connectivity index (χ2n) is 5.21. The van der Waals surface area contributed by atoms with Crippen molar-refractivity contribution in [2.45, 2.75) is 18.4 Å². The topological polar surface area (TPSA) is 84.1 Å². The minimum absolute atomic E-state index is 0.211. The van der Waals surface area contributed by atoms with Crippen LogP contribution in [0.25, 0.3) is 11.0 Å². The van der Waals surface area contributed by atoms with Crippen molar-refractivity contribution in [2.75, 3.05) is 7.11 Å². The van der Waals surface area contributed by atoms with E-state index in [1.165, 1.54) is 6.07 Å². The molecule has 3 aromatic rings. The lowest BCUT2D eigenvalue weighted by atomic mass is 10.2. The Morgan fingerprint density at radius 2 is 2.04 bits per heavy atom. The molecule has 0 aliphatic carbocycles. The summed E-state index contributed by atoms with van der Waals surface area (Å²) in [6.45, 7) is 2.02. The molecule has 0 atom stereocenters. The Morgan fingerprint density at radius 3 is 2.78 bits per heavy atom. The highest BCUT2D eigenvalue weighted by atomic mass is 32.2. The van der Waals surface area contributed by atoms with E-state index in [9.17, 15) is 8.42 Å². The van der Waals surface area contributed by atoms with Gasteiger partial charge in [0.15, 0.2) is 0 Å². The Balaban J connectivity index is 1.79. The Bertz CT molecular complexity index is 948. The molecule has 0 aliphatic rings. The summed E-state index contributed by atoms with van der Waals surface area (Å²) in [4.78, 5) is 7.36. The smallest absolute Gasteiger partial charge is 0.240 e. The molecule has 0 unspecified atom stereocenters. The molecule has 3 rings (SSSR count). The molecule has 2 N–H and O–H groups in total. The van der Waals surface area contributed by atoms with Crippen molar-refractivity contribution in [3.8, 4) is 5.75 Å². The van der Waals surface area contributed by atoms with Gasteiger partial charge in [-0.05, 0) is 48.4 Å². The maximum atomic E-state index is 12.4. The first kappa shape index (κ1) is 15.5. The van der Waals surface area contributed by atoms with Gasteiger partial charge in [0, 0.05) is 6.54 Å². The third-order valence-corrected chi connectivity index (χ3v) is 5.03. The molecule has 0 saturated carbocycles. The van der Waals surface area contributed by atoms with Crippen LogP contribution in [-0.4, -0.2) is 25.5 Å². The number of benzene rings is 2. The molecule has 1 heterocycles. The number of aryl methyl sites for hydroxylation is 1. The van der Waals surface area contributed by atoms with Crippen LogP contribution in [0.1, 0.15) is 11.1 Å². The van der Waals surface area contributed by atoms with Crippen molar-refractivity contribution in [3.63, 3.8) is 0 Å². The fraction of sp³-hybridized carbons (Fsp3) is 0.188. The maximum Gasteiger partial charge on any atom is 0.240 e. The number of fused-ring (bicyclic) bond motifs is 1. The quantitative estimate of drug-likeness (QED) is 0.752. The molecule has 7 heteroatoms. The molecule has 0 bridgehead atoms. The summed E-state index contributed by atoms with van der Waals surface area (Å²) in [5.41, 5.74) is 3.36. The minimum Gasteiger partial charge on any atom is -0.496 e. The Labute approximate surface area is 134 Å². The highest BCUT2D eigenvalue weighted by molar-refractivity contribution is 7.89. The third kappa shape index (κ3) is 3.20. The van der Waals surface area contributed by atoms with Gasteiger partial charge in [0.05, 0.1) is 29.4 Å². The van der Waals surface area contributed by atoms with E-state index in [2.05, 4.69) is 14.7 Å². The number of nitrogens with one attached hydrogen (secondary N) is 2. The van der Waals surface area contributed by atoms with E-state index in [4.69, 9.17) is 4.74 Å². The van der Waals surface area contributed by atoms with Gasteiger partial charge < -0.3 is 9.72 Å². The largest absolute Gasteiger partial charge is 0.496 e. The van der Waals surface area contributed by atoms with Gasteiger partial charge in [-0.15, -0.1) is 0 Å². The lowest BCUT2D eigenvalue weighted by Gasteiger charge is -2.10. The fourth-order valence-corrected chi connectivity index (χ4v) is 3.47. The van der Waals surface area contributed by atoms with Crippen LogP contribution >= 0.6 is 0 Å². The molecule has 2 aromatic carbocycles. The molecule has 0 saturated heterocycles. The average molecular weight is 331 g/mol. The standard InChI is InChI=1S/C16H17N3O3S/c1-11-7-13(4-6-16(11)22-2)23(20,21)19-9-12-3-5-14-15(8-12)18-10-17-14/h3-8,10,19H,9H2,1-2H3,(H,17,18). The van der Waals surface area contributed by atoms with Crippen LogP contribution < -0.4 is 9.46 Å². The zero-order valence-electron chi connectivity index (χ0n) is 12.8. The molecule has 23 heavy (non-hydrogen) atoms. The molecule has 1 aromatic heterocycles. The Kier molecular flexibility index (Phi) is 4.06. The number of methoxy groups -OCH3 is 1. The van der Waals surface area contributed by atoms with Crippen LogP contribution in [0.3, 0.4) is 0 Å². The number of nitrogens with zero attached hydrogens (tertiary/aromatic N) is 1. The predicted molar refractivity (Wildman–Crippen MR) is 87.9 cm³/mol. The average Bonchev–Trinajstić information content (AvgIpc) is 3.00. The van der Waals surface area contributed by atoms with Crippen LogP contribution in [0.15, 0.2) is 47.6 Å². The van der Waals surface area contributed by atoms with Gasteiger partial charge in [0.2, 0.25) is 10.0 Å². The summed E-state index contributed by atoms with van der Waals surface area (Å²) < 4.78 is 32.6. The second kappa shape index (κ2) is 6.02. The van der Waals surface area contributed by atoms with E-state index < -0.39 is 10.0 Å². The molecule has 0 amide bonds. The minimum atomic E-state index is -3.58. The molecule has 0 radical (unpaired) electrons. The number of H-pyrrole nitrogens is 1. The molecule has 0 fully saturated rings. The van der Waals surface area contributed by atoms with Crippen molar-refractivity contribution < 1.29 is 13.2 Å². The summed E-state index contributed by atoms with van der Waals surface area (Å²) >= 11 is 0. The fourth-order valence-electron chi connectivity index (χ4n) is 2.37. The van der Waals surface area contributed by atoms with E-state index in [1.54, 1.807) is 25.6 Å². The number of imidazole rings is 1. The number of hydrogen-bond donors (Lipinski definition) is 2. The summed E-state index contributed by atoms with van der Waals surface area (Å²) in [5.74, 6) is 0.661. The predicted octanol–water partition coefficient (Wildman–Crippen LogP) is 2.36. The molecule has 0 aliphatic heterocycles. The zero-order chi connectivity index (χ0) is 16.4. The lowest BCUT2D eigenvalue weighted by molar-refractivity contribution is 0.411. The zero-order valence-corrected chi connectivity index (χ0v) is 13.6. The summed E-state index contributed by atoms with van der Waals surface area (Å²) in [5, 5.41) is 0. The van der Waals surface area contributed by atoms with Crippen LogP contribution in [0.2, 0.25) is 0 Å². The normalized spacial score (nSPS) is 11.7. The number of sulfonamides is 1. The van der Waals surface area contributed by atoms with Gasteiger partial charge in [-0.25, -0.2) is 18.1 Å². The van der Waals surface area contributed by atoms with Crippen molar-refractivity contribution in [2.24, 2.45) is 0 Å². The van der Waals surface area contributed by atoms with Gasteiger partial charge in [-0.1, -0.05) is 6.07 Å². The molecule has 120 valence electrons. The molecule has 0 spiro atoms. The van der Waals surface area contributed by atoms with Crippen molar-refractivity contribution in [3.05, 3.63) is 53.9 Å². The first-order valence-corrected chi connectivity index (χ1v) is 8.54. The number of ether oxygens (including phenoxy) is 1. The highest BCUT2D eigenvalue weighted by Crippen LogP contribution is 2.21. The number of rotatable bonds is 5. The van der Waals surface area contributed by atoms with Gasteiger partial charge in [0.25, 0.3) is 0 Å². The van der Waals surface area contributed by atoms with Gasteiger partial charge >= 0.3 is 0 Å². The van der Waals surface area contributed by atoms with E-state index in [0.29, 0.717) is 5.75 Å². The first-order chi connectivity index (χ1) is 11.0. The Hall–Kier alpha value is -2.38. The highest BCUT2D eigenvalue weighted by Gasteiger charge is 2.15. The van der Waals surface area contributed by atoms with Gasteiger partial charge in [0.1, 0.15) is 5.75 Å². The first-order valence-electron chi connectivity index (χ1n) is 7.06. The molecular weight excluding hydrogens is 314 g/mol. The van der Waals surface area contributed by atoms with Crippen LogP contribution in [0.4, 0.5) is 0 Å². The van der Waals surface area contributed by atoms with Crippen molar-refractivity contribution in [1.82, 2.24) is 14.7 Å². The van der Waals surface area contributed by atoms with Gasteiger partial charge in [-0.3, -0.25) is 0 Å². The number of hydrogen-bond acceptors (Lipinski definition) is 4. The van der Waals surface area contributed by atoms with Crippen LogP contribution in [-0.2, 0) is 16.6 Å². The monoisotopic (exact) mass is 331 g/mol. The van der Waals surface area contributed by atoms with Crippen molar-refractivity contribution >= 4 is 21.1 Å². The third-order valence-electron chi connectivity index (χ3n) is 3.63. The van der Waals surface area contributed by atoms with E-state index in [-0.39, 0.29) is 11.4 Å². The summed E-state index contributed by atoms with van der Waals surface area (Å²) in [7, 11) is -2.02. The van der Waals surface area contributed by atoms with Gasteiger partial charge in [-0.2, -0.15) is 0 Å². The lowest BCUT2D eigenvalue weighted by Crippen LogP contribution is -2.23.